The second kappa shape index (κ2) is 5.34. The van der Waals surface area contributed by atoms with Crippen LogP contribution >= 0.6 is 0 Å². The van der Waals surface area contributed by atoms with E-state index < -0.39 is 0 Å². The Hall–Kier alpha value is -0.120. The van der Waals surface area contributed by atoms with Crippen molar-refractivity contribution in [3.8, 4) is 0 Å². The van der Waals surface area contributed by atoms with Crippen molar-refractivity contribution in [2.75, 3.05) is 19.6 Å². The summed E-state index contributed by atoms with van der Waals surface area (Å²) in [6.45, 7) is 7.98. The summed E-state index contributed by atoms with van der Waals surface area (Å²) >= 11 is 0. The van der Waals surface area contributed by atoms with E-state index in [1.165, 1.54) is 58.0 Å². The number of rotatable bonds is 5. The molecule has 3 rings (SSSR count). The Bertz CT molecular complexity index is 309. The molecule has 1 saturated heterocycles. The summed E-state index contributed by atoms with van der Waals surface area (Å²) in [5.74, 6) is 0. The Balaban J connectivity index is 1.77. The highest BCUT2D eigenvalue weighted by atomic mass is 15.3. The predicted octanol–water partition coefficient (Wildman–Crippen LogP) is 2.21. The zero-order valence-electron chi connectivity index (χ0n) is 12.8. The van der Waals surface area contributed by atoms with E-state index in [-0.39, 0.29) is 5.54 Å². The van der Waals surface area contributed by atoms with Crippen LogP contribution in [0, 0.1) is 0 Å². The highest BCUT2D eigenvalue weighted by Crippen LogP contribution is 2.41. The molecule has 0 amide bonds. The van der Waals surface area contributed by atoms with Gasteiger partial charge < -0.3 is 5.73 Å². The molecular weight excluding hydrogens is 234 g/mol. The van der Waals surface area contributed by atoms with Gasteiger partial charge in [-0.2, -0.15) is 0 Å². The molecule has 2 aliphatic carbocycles. The van der Waals surface area contributed by atoms with E-state index in [4.69, 9.17) is 5.73 Å². The van der Waals surface area contributed by atoms with Crippen molar-refractivity contribution in [2.45, 2.75) is 82.5 Å². The van der Waals surface area contributed by atoms with Crippen LogP contribution in [0.4, 0.5) is 0 Å². The van der Waals surface area contributed by atoms with Crippen molar-refractivity contribution >= 4 is 0 Å². The molecule has 2 saturated carbocycles. The number of likely N-dealkylation sites (N-methyl/N-ethyl adjacent to an activating group) is 1. The Labute approximate surface area is 118 Å². The maximum atomic E-state index is 6.29. The molecule has 0 spiro atoms. The molecule has 0 radical (unpaired) electrons. The summed E-state index contributed by atoms with van der Waals surface area (Å²) in [6.07, 6.45) is 9.75. The second-order valence-electron chi connectivity index (χ2n) is 7.11. The fraction of sp³-hybridized carbons (Fsp3) is 1.00. The topological polar surface area (TPSA) is 32.5 Å². The van der Waals surface area contributed by atoms with Gasteiger partial charge in [-0.05, 0) is 45.6 Å². The van der Waals surface area contributed by atoms with Crippen LogP contribution < -0.4 is 5.73 Å². The number of nitrogens with two attached hydrogens (primary N) is 1. The molecule has 3 nitrogen and oxygen atoms in total. The first-order valence-corrected chi connectivity index (χ1v) is 8.43. The zero-order chi connectivity index (χ0) is 13.5. The largest absolute Gasteiger partial charge is 0.329 e. The van der Waals surface area contributed by atoms with Crippen molar-refractivity contribution in [3.05, 3.63) is 0 Å². The third-order valence-electron chi connectivity index (χ3n) is 5.83. The minimum Gasteiger partial charge on any atom is -0.329 e. The van der Waals surface area contributed by atoms with Crippen LogP contribution in [0.15, 0.2) is 0 Å². The molecule has 2 N–H and O–H groups in total. The van der Waals surface area contributed by atoms with Gasteiger partial charge in [0.15, 0.2) is 0 Å². The number of hydrogen-bond acceptors (Lipinski definition) is 3. The van der Waals surface area contributed by atoms with Crippen LogP contribution in [-0.2, 0) is 0 Å². The maximum absolute atomic E-state index is 6.29. The van der Waals surface area contributed by atoms with Crippen molar-refractivity contribution in [3.63, 3.8) is 0 Å². The number of likely N-dealkylation sites (tertiary alicyclic amines) is 1. The highest BCUT2D eigenvalue weighted by Gasteiger charge is 2.50. The van der Waals surface area contributed by atoms with Crippen LogP contribution in [0.25, 0.3) is 0 Å². The van der Waals surface area contributed by atoms with Crippen molar-refractivity contribution in [2.24, 2.45) is 5.73 Å². The van der Waals surface area contributed by atoms with Crippen LogP contribution in [0.5, 0.6) is 0 Å². The van der Waals surface area contributed by atoms with Crippen LogP contribution in [0.3, 0.4) is 0 Å². The Morgan fingerprint density at radius 1 is 1.21 bits per heavy atom. The van der Waals surface area contributed by atoms with Gasteiger partial charge in [0.2, 0.25) is 0 Å². The second-order valence-corrected chi connectivity index (χ2v) is 7.11. The molecule has 19 heavy (non-hydrogen) atoms. The van der Waals surface area contributed by atoms with E-state index in [0.29, 0.717) is 0 Å². The smallest absolute Gasteiger partial charge is 0.0476 e. The predicted molar refractivity (Wildman–Crippen MR) is 80.2 cm³/mol. The monoisotopic (exact) mass is 265 g/mol. The first-order valence-electron chi connectivity index (χ1n) is 8.43. The summed E-state index contributed by atoms with van der Waals surface area (Å²) in [5, 5.41) is 0. The minimum absolute atomic E-state index is 0.270. The lowest BCUT2D eigenvalue weighted by atomic mass is 9.91. The van der Waals surface area contributed by atoms with Gasteiger partial charge in [0.25, 0.3) is 0 Å². The molecule has 3 aliphatic rings. The molecule has 1 heterocycles. The van der Waals surface area contributed by atoms with E-state index in [0.717, 1.165) is 24.7 Å². The quantitative estimate of drug-likeness (QED) is 0.827. The SMILES string of the molecule is CCN(C1CCCC1)C1(CN)CC(C)N(C2CC2)C1. The summed E-state index contributed by atoms with van der Waals surface area (Å²) in [5.41, 5.74) is 6.56. The molecule has 110 valence electrons. The van der Waals surface area contributed by atoms with E-state index in [1.807, 2.05) is 0 Å². The van der Waals surface area contributed by atoms with E-state index in [1.54, 1.807) is 0 Å². The van der Waals surface area contributed by atoms with Gasteiger partial charge in [-0.15, -0.1) is 0 Å². The minimum atomic E-state index is 0.270. The molecule has 1 aliphatic heterocycles. The maximum Gasteiger partial charge on any atom is 0.0476 e. The fourth-order valence-corrected chi connectivity index (χ4v) is 4.79. The molecule has 3 fully saturated rings. The normalized spacial score (nSPS) is 37.6. The van der Waals surface area contributed by atoms with Crippen molar-refractivity contribution < 1.29 is 0 Å². The number of hydrogen-bond donors (Lipinski definition) is 1. The standard InChI is InChI=1S/C16H31N3/c1-3-19(15-6-4-5-7-15)16(11-17)10-13(2)18(12-16)14-8-9-14/h13-15H,3-12,17H2,1-2H3. The lowest BCUT2D eigenvalue weighted by Crippen LogP contribution is -2.58. The van der Waals surface area contributed by atoms with Crippen LogP contribution in [0.1, 0.15) is 58.8 Å². The summed E-state index contributed by atoms with van der Waals surface area (Å²) in [6, 6.07) is 2.41. The third-order valence-corrected chi connectivity index (χ3v) is 5.83. The van der Waals surface area contributed by atoms with Gasteiger partial charge in [-0.25, -0.2) is 0 Å². The van der Waals surface area contributed by atoms with Gasteiger partial charge >= 0.3 is 0 Å². The van der Waals surface area contributed by atoms with Crippen LogP contribution in [0.2, 0.25) is 0 Å². The first kappa shape index (κ1) is 13.8. The molecular formula is C16H31N3. The molecule has 2 atom stereocenters. The zero-order valence-corrected chi connectivity index (χ0v) is 12.8. The highest BCUT2D eigenvalue weighted by molar-refractivity contribution is 5.08. The molecule has 2 unspecified atom stereocenters. The molecule has 0 aromatic heterocycles. The van der Waals surface area contributed by atoms with Gasteiger partial charge in [0.05, 0.1) is 0 Å². The van der Waals surface area contributed by atoms with Crippen molar-refractivity contribution in [1.29, 1.82) is 0 Å². The third kappa shape index (κ3) is 2.45. The van der Waals surface area contributed by atoms with E-state index in [9.17, 15) is 0 Å². The molecule has 3 heteroatoms. The first-order chi connectivity index (χ1) is 9.20. The average Bonchev–Trinajstić information content (AvgIpc) is 3.00. The van der Waals surface area contributed by atoms with Gasteiger partial charge in [0, 0.05) is 36.8 Å². The Kier molecular flexibility index (Phi) is 3.89. The summed E-state index contributed by atoms with van der Waals surface area (Å²) < 4.78 is 0. The number of nitrogens with zero attached hydrogens (tertiary/aromatic N) is 2. The Morgan fingerprint density at radius 3 is 2.42 bits per heavy atom. The van der Waals surface area contributed by atoms with Crippen LogP contribution in [-0.4, -0.2) is 53.1 Å². The lowest BCUT2D eigenvalue weighted by Gasteiger charge is -2.44. The summed E-state index contributed by atoms with van der Waals surface area (Å²) in [7, 11) is 0. The fourth-order valence-electron chi connectivity index (χ4n) is 4.79. The summed E-state index contributed by atoms with van der Waals surface area (Å²) in [4.78, 5) is 5.54. The van der Waals surface area contributed by atoms with E-state index in [2.05, 4.69) is 23.6 Å². The lowest BCUT2D eigenvalue weighted by molar-refractivity contribution is 0.0596. The van der Waals surface area contributed by atoms with Gasteiger partial charge in [0.1, 0.15) is 0 Å². The molecule has 0 bridgehead atoms. The van der Waals surface area contributed by atoms with E-state index >= 15 is 0 Å². The van der Waals surface area contributed by atoms with Crippen molar-refractivity contribution in [1.82, 2.24) is 9.80 Å². The Morgan fingerprint density at radius 2 is 1.89 bits per heavy atom. The van der Waals surface area contributed by atoms with Gasteiger partial charge in [-0.3, -0.25) is 9.80 Å². The van der Waals surface area contributed by atoms with Gasteiger partial charge in [-0.1, -0.05) is 19.8 Å². The average molecular weight is 265 g/mol. The molecule has 0 aromatic carbocycles. The molecule has 0 aromatic rings.